The molecule has 0 unspecified atom stereocenters. The quantitative estimate of drug-likeness (QED) is 0.740. The number of H-pyrrole nitrogens is 1. The maximum atomic E-state index is 5.48. The van der Waals surface area contributed by atoms with Gasteiger partial charge in [-0.2, -0.15) is 0 Å². The van der Waals surface area contributed by atoms with Gasteiger partial charge in [0.1, 0.15) is 5.82 Å². The summed E-state index contributed by atoms with van der Waals surface area (Å²) < 4.78 is 0. The molecule has 0 saturated heterocycles. The minimum absolute atomic E-state index is 0.687. The molecule has 0 bridgehead atoms. The van der Waals surface area contributed by atoms with Crippen LogP contribution in [0.5, 0.6) is 0 Å². The van der Waals surface area contributed by atoms with Crippen molar-refractivity contribution in [2.75, 3.05) is 6.54 Å². The molecule has 0 radical (unpaired) electrons. The molecule has 0 aromatic carbocycles. The number of aromatic amines is 1. The number of aromatic nitrogens is 2. The van der Waals surface area contributed by atoms with E-state index in [4.69, 9.17) is 5.73 Å². The third kappa shape index (κ3) is 1.91. The van der Waals surface area contributed by atoms with Crippen LogP contribution < -0.4 is 5.73 Å². The van der Waals surface area contributed by atoms with Crippen LogP contribution in [-0.4, -0.2) is 16.5 Å². The minimum atomic E-state index is 0.687. The molecule has 1 fully saturated rings. The van der Waals surface area contributed by atoms with Crippen molar-refractivity contribution in [2.24, 2.45) is 5.73 Å². The van der Waals surface area contributed by atoms with Crippen molar-refractivity contribution in [3.63, 3.8) is 0 Å². The highest BCUT2D eigenvalue weighted by Gasteiger charge is 2.19. The van der Waals surface area contributed by atoms with Crippen molar-refractivity contribution in [2.45, 2.75) is 38.0 Å². The zero-order chi connectivity index (χ0) is 9.10. The van der Waals surface area contributed by atoms with E-state index in [2.05, 4.69) is 9.97 Å². The van der Waals surface area contributed by atoms with Crippen LogP contribution in [0.1, 0.15) is 43.1 Å². The molecule has 1 aliphatic carbocycles. The molecule has 72 valence electrons. The first-order valence-corrected chi connectivity index (χ1v) is 5.14. The number of nitrogens with two attached hydrogens (primary N) is 1. The first-order valence-electron chi connectivity index (χ1n) is 5.14. The number of nitrogens with one attached hydrogen (secondary N) is 1. The van der Waals surface area contributed by atoms with E-state index in [1.807, 2.05) is 6.20 Å². The van der Waals surface area contributed by atoms with Crippen LogP contribution in [-0.2, 0) is 6.42 Å². The predicted molar refractivity (Wildman–Crippen MR) is 52.6 cm³/mol. The molecule has 1 aromatic rings. The summed E-state index contributed by atoms with van der Waals surface area (Å²) in [5.74, 6) is 1.87. The van der Waals surface area contributed by atoms with Crippen LogP contribution in [0.3, 0.4) is 0 Å². The fraction of sp³-hybridized carbons (Fsp3) is 0.700. The summed E-state index contributed by atoms with van der Waals surface area (Å²) in [6.07, 6.45) is 8.17. The summed E-state index contributed by atoms with van der Waals surface area (Å²) in [6.45, 7) is 0.701. The Morgan fingerprint density at radius 2 is 2.23 bits per heavy atom. The summed E-state index contributed by atoms with van der Waals surface area (Å²) in [6, 6.07) is 0. The molecular formula is C10H17N3. The Morgan fingerprint density at radius 3 is 2.92 bits per heavy atom. The van der Waals surface area contributed by atoms with Crippen molar-refractivity contribution in [1.82, 2.24) is 9.97 Å². The lowest BCUT2D eigenvalue weighted by atomic mass is 10.1. The molecule has 0 atom stereocenters. The fourth-order valence-electron chi connectivity index (χ4n) is 2.07. The van der Waals surface area contributed by atoms with E-state index in [1.165, 1.54) is 37.2 Å². The highest BCUT2D eigenvalue weighted by atomic mass is 14.9. The summed E-state index contributed by atoms with van der Waals surface area (Å²) in [5.41, 5.74) is 6.66. The Morgan fingerprint density at radius 1 is 1.46 bits per heavy atom. The molecule has 0 spiro atoms. The number of rotatable bonds is 3. The van der Waals surface area contributed by atoms with E-state index in [1.54, 1.807) is 0 Å². The lowest BCUT2D eigenvalue weighted by Crippen LogP contribution is -2.03. The Hall–Kier alpha value is -0.830. The zero-order valence-corrected chi connectivity index (χ0v) is 7.92. The van der Waals surface area contributed by atoms with Crippen molar-refractivity contribution in [3.05, 3.63) is 17.7 Å². The van der Waals surface area contributed by atoms with Crippen molar-refractivity contribution >= 4 is 0 Å². The Balaban J connectivity index is 2.03. The second kappa shape index (κ2) is 3.92. The second-order valence-corrected chi connectivity index (χ2v) is 3.81. The van der Waals surface area contributed by atoms with Crippen LogP contribution in [0.15, 0.2) is 6.20 Å². The molecule has 0 amide bonds. The van der Waals surface area contributed by atoms with Crippen LogP contribution in [0.2, 0.25) is 0 Å². The molecule has 1 saturated carbocycles. The molecular weight excluding hydrogens is 162 g/mol. The van der Waals surface area contributed by atoms with Gasteiger partial charge in [-0.25, -0.2) is 4.98 Å². The summed E-state index contributed by atoms with van der Waals surface area (Å²) in [5, 5.41) is 0. The topological polar surface area (TPSA) is 54.7 Å². The summed E-state index contributed by atoms with van der Waals surface area (Å²) in [4.78, 5) is 7.77. The first-order chi connectivity index (χ1) is 6.40. The standard InChI is InChI=1S/C10H17N3/c11-6-5-9-7-12-10(13-9)8-3-1-2-4-8/h7-8H,1-6,11H2,(H,12,13). The normalized spacial score (nSPS) is 18.2. The lowest BCUT2D eigenvalue weighted by molar-refractivity contribution is 0.676. The average Bonchev–Trinajstić information content (AvgIpc) is 2.70. The molecule has 1 aromatic heterocycles. The SMILES string of the molecule is NCCc1cnc(C2CCCC2)[nH]1. The Kier molecular flexibility index (Phi) is 2.64. The molecule has 13 heavy (non-hydrogen) atoms. The smallest absolute Gasteiger partial charge is 0.109 e. The molecule has 1 aliphatic rings. The number of hydrogen-bond acceptors (Lipinski definition) is 2. The molecule has 3 heteroatoms. The van der Waals surface area contributed by atoms with E-state index < -0.39 is 0 Å². The van der Waals surface area contributed by atoms with Gasteiger partial charge in [-0.15, -0.1) is 0 Å². The Labute approximate surface area is 78.7 Å². The third-order valence-corrected chi connectivity index (χ3v) is 2.80. The van der Waals surface area contributed by atoms with E-state index in [9.17, 15) is 0 Å². The molecule has 2 rings (SSSR count). The number of imidazole rings is 1. The minimum Gasteiger partial charge on any atom is -0.346 e. The van der Waals surface area contributed by atoms with Crippen LogP contribution >= 0.6 is 0 Å². The first kappa shape index (κ1) is 8.75. The second-order valence-electron chi connectivity index (χ2n) is 3.81. The number of hydrogen-bond donors (Lipinski definition) is 2. The average molecular weight is 179 g/mol. The van der Waals surface area contributed by atoms with Crippen molar-refractivity contribution < 1.29 is 0 Å². The van der Waals surface area contributed by atoms with E-state index in [-0.39, 0.29) is 0 Å². The largest absolute Gasteiger partial charge is 0.346 e. The van der Waals surface area contributed by atoms with Crippen LogP contribution in [0.25, 0.3) is 0 Å². The Bertz CT molecular complexity index is 261. The van der Waals surface area contributed by atoms with E-state index in [0.717, 1.165) is 6.42 Å². The van der Waals surface area contributed by atoms with Gasteiger partial charge in [-0.1, -0.05) is 12.8 Å². The monoisotopic (exact) mass is 179 g/mol. The van der Waals surface area contributed by atoms with Gasteiger partial charge in [0.25, 0.3) is 0 Å². The fourth-order valence-corrected chi connectivity index (χ4v) is 2.07. The summed E-state index contributed by atoms with van der Waals surface area (Å²) in [7, 11) is 0. The molecule has 0 aliphatic heterocycles. The maximum absolute atomic E-state index is 5.48. The van der Waals surface area contributed by atoms with Crippen molar-refractivity contribution in [1.29, 1.82) is 0 Å². The van der Waals surface area contributed by atoms with Gasteiger partial charge in [0.05, 0.1) is 0 Å². The van der Waals surface area contributed by atoms with Gasteiger partial charge >= 0.3 is 0 Å². The van der Waals surface area contributed by atoms with Crippen LogP contribution in [0.4, 0.5) is 0 Å². The predicted octanol–water partition coefficient (Wildman–Crippen LogP) is 1.57. The van der Waals surface area contributed by atoms with Gasteiger partial charge in [-0.05, 0) is 19.4 Å². The molecule has 3 nitrogen and oxygen atoms in total. The highest BCUT2D eigenvalue weighted by Crippen LogP contribution is 2.32. The van der Waals surface area contributed by atoms with Gasteiger partial charge in [-0.3, -0.25) is 0 Å². The zero-order valence-electron chi connectivity index (χ0n) is 7.92. The van der Waals surface area contributed by atoms with Gasteiger partial charge < -0.3 is 10.7 Å². The van der Waals surface area contributed by atoms with Gasteiger partial charge in [0, 0.05) is 24.2 Å². The highest BCUT2D eigenvalue weighted by molar-refractivity contribution is 5.07. The third-order valence-electron chi connectivity index (χ3n) is 2.80. The molecule has 3 N–H and O–H groups in total. The van der Waals surface area contributed by atoms with Crippen LogP contribution in [0, 0.1) is 0 Å². The maximum Gasteiger partial charge on any atom is 0.109 e. The number of nitrogens with zero attached hydrogens (tertiary/aromatic N) is 1. The van der Waals surface area contributed by atoms with Crippen molar-refractivity contribution in [3.8, 4) is 0 Å². The molecule has 1 heterocycles. The lowest BCUT2D eigenvalue weighted by Gasteiger charge is -2.03. The van der Waals surface area contributed by atoms with E-state index in [0.29, 0.717) is 12.5 Å². The van der Waals surface area contributed by atoms with E-state index >= 15 is 0 Å². The summed E-state index contributed by atoms with van der Waals surface area (Å²) >= 11 is 0. The van der Waals surface area contributed by atoms with Gasteiger partial charge in [0.2, 0.25) is 0 Å². The van der Waals surface area contributed by atoms with Gasteiger partial charge in [0.15, 0.2) is 0 Å².